The number of aliphatic hydroxyl groups is 1. The van der Waals surface area contributed by atoms with Crippen LogP contribution in [0.3, 0.4) is 0 Å². The fraction of sp³-hybridized carbons (Fsp3) is 0.625. The second kappa shape index (κ2) is 7.20. The summed E-state index contributed by atoms with van der Waals surface area (Å²) in [4.78, 5) is 2.13. The van der Waals surface area contributed by atoms with Gasteiger partial charge >= 0.3 is 0 Å². The van der Waals surface area contributed by atoms with E-state index in [1.54, 1.807) is 6.07 Å². The standard InChI is InChI=1S/C16H24FNO3/c1-18(11-16(12-19)5-7-21-8-6-16)10-13-3-4-15(20-2)14(17)9-13/h3-4,9,19H,5-8,10-12H2,1-2H3. The second-order valence-corrected chi connectivity index (χ2v) is 5.91. The van der Waals surface area contributed by atoms with Crippen LogP contribution in [0.2, 0.25) is 0 Å². The highest BCUT2D eigenvalue weighted by Crippen LogP contribution is 2.31. The molecule has 0 radical (unpaired) electrons. The van der Waals surface area contributed by atoms with Gasteiger partial charge in [-0.1, -0.05) is 6.07 Å². The van der Waals surface area contributed by atoms with Crippen LogP contribution in [0.15, 0.2) is 18.2 Å². The van der Waals surface area contributed by atoms with Crippen molar-refractivity contribution in [1.82, 2.24) is 4.90 Å². The molecule has 1 aromatic rings. The molecular formula is C16H24FNO3. The summed E-state index contributed by atoms with van der Waals surface area (Å²) in [7, 11) is 3.45. The van der Waals surface area contributed by atoms with Crippen LogP contribution in [0.1, 0.15) is 18.4 Å². The Morgan fingerprint density at radius 3 is 2.67 bits per heavy atom. The number of nitrogens with zero attached hydrogens (tertiary/aromatic N) is 1. The highest BCUT2D eigenvalue weighted by atomic mass is 19.1. The molecule has 0 atom stereocenters. The van der Waals surface area contributed by atoms with Crippen molar-refractivity contribution in [3.63, 3.8) is 0 Å². The first kappa shape index (κ1) is 16.2. The van der Waals surface area contributed by atoms with E-state index in [0.717, 1.165) is 24.9 Å². The normalized spacial score (nSPS) is 18.0. The van der Waals surface area contributed by atoms with Gasteiger partial charge in [0.15, 0.2) is 11.6 Å². The van der Waals surface area contributed by atoms with Gasteiger partial charge < -0.3 is 19.5 Å². The molecule has 1 N–H and O–H groups in total. The van der Waals surface area contributed by atoms with Crippen molar-refractivity contribution in [1.29, 1.82) is 0 Å². The Morgan fingerprint density at radius 1 is 1.38 bits per heavy atom. The smallest absolute Gasteiger partial charge is 0.165 e. The van der Waals surface area contributed by atoms with Gasteiger partial charge in [0, 0.05) is 31.7 Å². The van der Waals surface area contributed by atoms with E-state index >= 15 is 0 Å². The third kappa shape index (κ3) is 4.15. The van der Waals surface area contributed by atoms with Gasteiger partial charge in [-0.2, -0.15) is 0 Å². The molecular weight excluding hydrogens is 273 g/mol. The first-order chi connectivity index (χ1) is 10.1. The number of ether oxygens (including phenoxy) is 2. The molecule has 4 nitrogen and oxygen atoms in total. The summed E-state index contributed by atoms with van der Waals surface area (Å²) in [6.07, 6.45) is 1.73. The first-order valence-corrected chi connectivity index (χ1v) is 7.28. The maximum atomic E-state index is 13.7. The van der Waals surface area contributed by atoms with Gasteiger partial charge in [0.1, 0.15) is 0 Å². The van der Waals surface area contributed by atoms with E-state index in [9.17, 15) is 9.50 Å². The van der Waals surface area contributed by atoms with Crippen LogP contribution in [0.4, 0.5) is 4.39 Å². The van der Waals surface area contributed by atoms with Crippen molar-refractivity contribution < 1.29 is 19.0 Å². The Hall–Kier alpha value is -1.17. The molecule has 1 aliphatic rings. The molecule has 5 heteroatoms. The summed E-state index contributed by atoms with van der Waals surface area (Å²) in [6.45, 7) is 2.98. The SMILES string of the molecule is COc1ccc(CN(C)CC2(CO)CCOCC2)cc1F. The first-order valence-electron chi connectivity index (χ1n) is 7.28. The quantitative estimate of drug-likeness (QED) is 0.872. The summed E-state index contributed by atoms with van der Waals surface area (Å²) in [6, 6.07) is 5.02. The fourth-order valence-electron chi connectivity index (χ4n) is 2.92. The Labute approximate surface area is 125 Å². The number of halogens is 1. The summed E-state index contributed by atoms with van der Waals surface area (Å²) in [5.74, 6) is -0.0796. The van der Waals surface area contributed by atoms with Gasteiger partial charge in [0.2, 0.25) is 0 Å². The monoisotopic (exact) mass is 297 g/mol. The molecule has 0 saturated carbocycles. The predicted molar refractivity (Wildman–Crippen MR) is 78.9 cm³/mol. The molecule has 1 aliphatic heterocycles. The van der Waals surface area contributed by atoms with Crippen LogP contribution in [-0.4, -0.2) is 50.5 Å². The van der Waals surface area contributed by atoms with E-state index in [0.29, 0.717) is 19.8 Å². The van der Waals surface area contributed by atoms with E-state index in [1.807, 2.05) is 13.1 Å². The van der Waals surface area contributed by atoms with E-state index in [1.165, 1.54) is 13.2 Å². The number of hydrogen-bond acceptors (Lipinski definition) is 4. The Balaban J connectivity index is 1.97. The van der Waals surface area contributed by atoms with Crippen molar-refractivity contribution in [2.45, 2.75) is 19.4 Å². The average molecular weight is 297 g/mol. The van der Waals surface area contributed by atoms with Gasteiger partial charge in [0.05, 0.1) is 13.7 Å². The summed E-state index contributed by atoms with van der Waals surface area (Å²) >= 11 is 0. The van der Waals surface area contributed by atoms with Crippen LogP contribution in [0.5, 0.6) is 5.75 Å². The second-order valence-electron chi connectivity index (χ2n) is 5.91. The topological polar surface area (TPSA) is 41.9 Å². The molecule has 118 valence electrons. The third-order valence-corrected chi connectivity index (χ3v) is 4.16. The molecule has 2 rings (SSSR count). The highest BCUT2D eigenvalue weighted by molar-refractivity contribution is 5.29. The fourth-order valence-corrected chi connectivity index (χ4v) is 2.92. The minimum absolute atomic E-state index is 0.0992. The summed E-state index contributed by atoms with van der Waals surface area (Å²) in [5.41, 5.74) is 0.800. The van der Waals surface area contributed by atoms with Crippen molar-refractivity contribution in [2.75, 3.05) is 40.5 Å². The maximum Gasteiger partial charge on any atom is 0.165 e. The molecule has 1 aromatic carbocycles. The lowest BCUT2D eigenvalue weighted by Crippen LogP contribution is -2.42. The molecule has 1 fully saturated rings. The Morgan fingerprint density at radius 2 is 2.10 bits per heavy atom. The predicted octanol–water partition coefficient (Wildman–Crippen LogP) is 2.06. The minimum Gasteiger partial charge on any atom is -0.494 e. The van der Waals surface area contributed by atoms with Gasteiger partial charge in [0.25, 0.3) is 0 Å². The molecule has 0 aliphatic carbocycles. The molecule has 0 bridgehead atoms. The van der Waals surface area contributed by atoms with Crippen molar-refractivity contribution >= 4 is 0 Å². The lowest BCUT2D eigenvalue weighted by Gasteiger charge is -2.38. The van der Waals surface area contributed by atoms with Crippen LogP contribution in [0.25, 0.3) is 0 Å². The van der Waals surface area contributed by atoms with E-state index in [4.69, 9.17) is 9.47 Å². The van der Waals surface area contributed by atoms with E-state index < -0.39 is 0 Å². The van der Waals surface area contributed by atoms with Crippen molar-refractivity contribution in [2.24, 2.45) is 5.41 Å². The number of hydrogen-bond donors (Lipinski definition) is 1. The highest BCUT2D eigenvalue weighted by Gasteiger charge is 2.33. The zero-order valence-electron chi connectivity index (χ0n) is 12.8. The zero-order valence-corrected chi connectivity index (χ0v) is 12.8. The largest absolute Gasteiger partial charge is 0.494 e. The number of methoxy groups -OCH3 is 1. The Bertz CT molecular complexity index is 461. The molecule has 0 amide bonds. The van der Waals surface area contributed by atoms with Gasteiger partial charge in [-0.05, 0) is 37.6 Å². The van der Waals surface area contributed by atoms with Crippen LogP contribution in [0, 0.1) is 11.2 Å². The number of rotatable bonds is 6. The van der Waals surface area contributed by atoms with Crippen molar-refractivity contribution in [3.8, 4) is 5.75 Å². The number of benzene rings is 1. The zero-order chi connectivity index (χ0) is 15.3. The molecule has 0 spiro atoms. The van der Waals surface area contributed by atoms with Gasteiger partial charge in [-0.15, -0.1) is 0 Å². The van der Waals surface area contributed by atoms with Gasteiger partial charge in [-0.25, -0.2) is 4.39 Å². The summed E-state index contributed by atoms with van der Waals surface area (Å²) < 4.78 is 24.0. The number of aliphatic hydroxyl groups excluding tert-OH is 1. The van der Waals surface area contributed by atoms with Gasteiger partial charge in [-0.3, -0.25) is 0 Å². The molecule has 1 heterocycles. The van der Waals surface area contributed by atoms with E-state index in [-0.39, 0.29) is 23.6 Å². The van der Waals surface area contributed by atoms with Crippen LogP contribution in [-0.2, 0) is 11.3 Å². The maximum absolute atomic E-state index is 13.7. The summed E-state index contributed by atoms with van der Waals surface area (Å²) in [5, 5.41) is 9.71. The molecule has 0 aromatic heterocycles. The molecule has 1 saturated heterocycles. The van der Waals surface area contributed by atoms with Crippen LogP contribution < -0.4 is 4.74 Å². The van der Waals surface area contributed by atoms with Crippen molar-refractivity contribution in [3.05, 3.63) is 29.6 Å². The lowest BCUT2D eigenvalue weighted by atomic mass is 9.80. The van der Waals surface area contributed by atoms with Crippen LogP contribution >= 0.6 is 0 Å². The Kier molecular flexibility index (Phi) is 5.56. The average Bonchev–Trinajstić information content (AvgIpc) is 2.48. The van der Waals surface area contributed by atoms with E-state index in [2.05, 4.69) is 4.90 Å². The molecule has 21 heavy (non-hydrogen) atoms. The minimum atomic E-state index is -0.341. The third-order valence-electron chi connectivity index (χ3n) is 4.16. The molecule has 0 unspecified atom stereocenters. The lowest BCUT2D eigenvalue weighted by molar-refractivity contribution is -0.0318.